The van der Waals surface area contributed by atoms with E-state index >= 15 is 0 Å². The third-order valence-corrected chi connectivity index (χ3v) is 5.85. The predicted octanol–water partition coefficient (Wildman–Crippen LogP) is 4.84. The molecule has 156 valence electrons. The maximum absolute atomic E-state index is 6.57. The minimum absolute atomic E-state index is 0.515. The van der Waals surface area contributed by atoms with Crippen LogP contribution < -0.4 is 10.2 Å². The largest absolute Gasteiger partial charge is 0.353 e. The average molecular weight is 431 g/mol. The lowest BCUT2D eigenvalue weighted by molar-refractivity contribution is 0.312. The summed E-state index contributed by atoms with van der Waals surface area (Å²) in [5.74, 6) is 1.34. The Balaban J connectivity index is 1.42. The molecule has 1 N–H and O–H groups in total. The molecule has 0 radical (unpaired) electrons. The van der Waals surface area contributed by atoms with Gasteiger partial charge in [-0.2, -0.15) is 0 Å². The fourth-order valence-corrected chi connectivity index (χ4v) is 4.13. The standard InChI is InChI=1S/C24H23ClN6/c1-30-10-12-31(13-11-30)23-21(25)14-19(16-26-23)28-24-27-15-18-8-5-9-20(22(18)29-24)17-6-3-2-4-7-17/h2-9,14-16H,10-13H2,1H3,(H,27,28,29). The van der Waals surface area contributed by atoms with Gasteiger partial charge >= 0.3 is 0 Å². The SMILES string of the molecule is CN1CCN(c2ncc(Nc3ncc4cccc(-c5ccccc5)c4n3)cc2Cl)CC1. The van der Waals surface area contributed by atoms with E-state index in [2.05, 4.69) is 50.3 Å². The predicted molar refractivity (Wildman–Crippen MR) is 127 cm³/mol. The van der Waals surface area contributed by atoms with Crippen molar-refractivity contribution >= 4 is 40.0 Å². The minimum atomic E-state index is 0.515. The van der Waals surface area contributed by atoms with E-state index in [0.29, 0.717) is 11.0 Å². The summed E-state index contributed by atoms with van der Waals surface area (Å²) in [5.41, 5.74) is 3.86. The molecule has 0 aliphatic carbocycles. The van der Waals surface area contributed by atoms with Gasteiger partial charge in [0.1, 0.15) is 5.82 Å². The highest BCUT2D eigenvalue weighted by Gasteiger charge is 2.18. The quantitative estimate of drug-likeness (QED) is 0.500. The van der Waals surface area contributed by atoms with Crippen molar-refractivity contribution in [3.05, 3.63) is 72.0 Å². The third kappa shape index (κ3) is 4.17. The lowest BCUT2D eigenvalue weighted by atomic mass is 10.0. The van der Waals surface area contributed by atoms with Gasteiger partial charge in [-0.05, 0) is 18.7 Å². The van der Waals surface area contributed by atoms with Crippen LogP contribution in [0.5, 0.6) is 0 Å². The van der Waals surface area contributed by atoms with E-state index in [9.17, 15) is 0 Å². The number of likely N-dealkylation sites (N-methyl/N-ethyl adjacent to an activating group) is 1. The molecule has 0 saturated carbocycles. The molecule has 0 spiro atoms. The van der Waals surface area contributed by atoms with Crippen LogP contribution in [-0.2, 0) is 0 Å². The lowest BCUT2D eigenvalue weighted by Gasteiger charge is -2.33. The third-order valence-electron chi connectivity index (χ3n) is 5.58. The number of fused-ring (bicyclic) bond motifs is 1. The Kier molecular flexibility index (Phi) is 5.40. The molecule has 1 fully saturated rings. The summed E-state index contributed by atoms with van der Waals surface area (Å²) in [4.78, 5) is 18.4. The Bertz CT molecular complexity index is 1210. The van der Waals surface area contributed by atoms with Gasteiger partial charge in [-0.15, -0.1) is 0 Å². The second-order valence-electron chi connectivity index (χ2n) is 7.75. The Labute approximate surface area is 186 Å². The first-order chi connectivity index (χ1) is 15.2. The zero-order chi connectivity index (χ0) is 21.2. The van der Waals surface area contributed by atoms with E-state index < -0.39 is 0 Å². The summed E-state index contributed by atoms with van der Waals surface area (Å²) in [6.45, 7) is 3.86. The molecular weight excluding hydrogens is 408 g/mol. The van der Waals surface area contributed by atoms with Crippen molar-refractivity contribution in [3.8, 4) is 11.1 Å². The highest BCUT2D eigenvalue weighted by molar-refractivity contribution is 6.33. The molecule has 0 amide bonds. The van der Waals surface area contributed by atoms with Crippen LogP contribution in [0.1, 0.15) is 0 Å². The van der Waals surface area contributed by atoms with E-state index in [-0.39, 0.29) is 0 Å². The summed E-state index contributed by atoms with van der Waals surface area (Å²) in [6, 6.07) is 18.3. The number of benzene rings is 2. The molecular formula is C24H23ClN6. The Morgan fingerprint density at radius 2 is 1.71 bits per heavy atom. The Morgan fingerprint density at radius 1 is 0.903 bits per heavy atom. The second-order valence-corrected chi connectivity index (χ2v) is 8.15. The number of hydrogen-bond acceptors (Lipinski definition) is 6. The van der Waals surface area contributed by atoms with E-state index in [1.54, 1.807) is 6.20 Å². The van der Waals surface area contributed by atoms with Gasteiger partial charge in [0.15, 0.2) is 0 Å². The summed E-state index contributed by atoms with van der Waals surface area (Å²) in [5, 5.41) is 4.88. The van der Waals surface area contributed by atoms with Crippen molar-refractivity contribution < 1.29 is 0 Å². The number of pyridine rings is 1. The van der Waals surface area contributed by atoms with Crippen LogP contribution in [0.3, 0.4) is 0 Å². The molecule has 1 aliphatic rings. The highest BCUT2D eigenvalue weighted by Crippen LogP contribution is 2.30. The molecule has 0 atom stereocenters. The second kappa shape index (κ2) is 8.49. The Morgan fingerprint density at radius 3 is 2.48 bits per heavy atom. The van der Waals surface area contributed by atoms with Crippen molar-refractivity contribution in [1.29, 1.82) is 0 Å². The van der Waals surface area contributed by atoms with Gasteiger partial charge in [0.05, 0.1) is 22.4 Å². The molecule has 0 bridgehead atoms. The van der Waals surface area contributed by atoms with Crippen LogP contribution in [0.25, 0.3) is 22.0 Å². The molecule has 6 nitrogen and oxygen atoms in total. The molecule has 2 aromatic heterocycles. The first kappa shape index (κ1) is 19.7. The van der Waals surface area contributed by atoms with E-state index in [0.717, 1.165) is 59.7 Å². The zero-order valence-electron chi connectivity index (χ0n) is 17.3. The number of para-hydroxylation sites is 1. The topological polar surface area (TPSA) is 57.2 Å². The molecule has 2 aromatic carbocycles. The first-order valence-electron chi connectivity index (χ1n) is 10.3. The normalized spacial score (nSPS) is 14.7. The number of aromatic nitrogens is 3. The van der Waals surface area contributed by atoms with E-state index in [4.69, 9.17) is 16.6 Å². The first-order valence-corrected chi connectivity index (χ1v) is 10.7. The van der Waals surface area contributed by atoms with E-state index in [1.807, 2.05) is 42.6 Å². The van der Waals surface area contributed by atoms with Gasteiger partial charge in [-0.25, -0.2) is 15.0 Å². The van der Waals surface area contributed by atoms with Crippen LogP contribution in [0.15, 0.2) is 67.0 Å². The van der Waals surface area contributed by atoms with E-state index in [1.165, 1.54) is 0 Å². The number of piperazine rings is 1. The van der Waals surface area contributed by atoms with Crippen LogP contribution in [0.4, 0.5) is 17.5 Å². The number of nitrogens with one attached hydrogen (secondary N) is 1. The molecule has 31 heavy (non-hydrogen) atoms. The number of anilines is 3. The number of hydrogen-bond donors (Lipinski definition) is 1. The minimum Gasteiger partial charge on any atom is -0.353 e. The smallest absolute Gasteiger partial charge is 0.227 e. The van der Waals surface area contributed by atoms with Gasteiger partial charge in [-0.3, -0.25) is 0 Å². The number of halogens is 1. The van der Waals surface area contributed by atoms with Gasteiger partial charge < -0.3 is 15.1 Å². The van der Waals surface area contributed by atoms with Crippen LogP contribution in [0.2, 0.25) is 5.02 Å². The molecule has 1 aliphatic heterocycles. The van der Waals surface area contributed by atoms with Gasteiger partial charge in [0, 0.05) is 43.3 Å². The number of nitrogens with zero attached hydrogens (tertiary/aromatic N) is 5. The maximum atomic E-state index is 6.57. The van der Waals surface area contributed by atoms with Crippen LogP contribution in [-0.4, -0.2) is 53.1 Å². The lowest BCUT2D eigenvalue weighted by Crippen LogP contribution is -2.44. The maximum Gasteiger partial charge on any atom is 0.227 e. The van der Waals surface area contributed by atoms with Crippen molar-refractivity contribution in [1.82, 2.24) is 19.9 Å². The number of rotatable bonds is 4. The van der Waals surface area contributed by atoms with Crippen molar-refractivity contribution in [2.45, 2.75) is 0 Å². The van der Waals surface area contributed by atoms with Crippen molar-refractivity contribution in [3.63, 3.8) is 0 Å². The molecule has 0 unspecified atom stereocenters. The summed E-state index contributed by atoms with van der Waals surface area (Å²) in [6.07, 6.45) is 3.63. The molecule has 3 heterocycles. The Hall–Kier alpha value is -3.22. The van der Waals surface area contributed by atoms with Crippen LogP contribution >= 0.6 is 11.6 Å². The molecule has 5 rings (SSSR count). The highest BCUT2D eigenvalue weighted by atomic mass is 35.5. The van der Waals surface area contributed by atoms with Crippen molar-refractivity contribution in [2.24, 2.45) is 0 Å². The molecule has 1 saturated heterocycles. The monoisotopic (exact) mass is 430 g/mol. The zero-order valence-corrected chi connectivity index (χ0v) is 18.0. The van der Waals surface area contributed by atoms with Gasteiger partial charge in [0.25, 0.3) is 0 Å². The fraction of sp³-hybridized carbons (Fsp3) is 0.208. The molecule has 7 heteroatoms. The van der Waals surface area contributed by atoms with Crippen molar-refractivity contribution in [2.75, 3.05) is 43.4 Å². The average Bonchev–Trinajstić information content (AvgIpc) is 2.80. The van der Waals surface area contributed by atoms with Crippen LogP contribution in [0, 0.1) is 0 Å². The fourth-order valence-electron chi connectivity index (χ4n) is 3.85. The summed E-state index contributed by atoms with van der Waals surface area (Å²) >= 11 is 6.57. The molecule has 4 aromatic rings. The van der Waals surface area contributed by atoms with Gasteiger partial charge in [-0.1, -0.05) is 60.1 Å². The summed E-state index contributed by atoms with van der Waals surface area (Å²) in [7, 11) is 2.13. The summed E-state index contributed by atoms with van der Waals surface area (Å²) < 4.78 is 0. The van der Waals surface area contributed by atoms with Gasteiger partial charge in [0.2, 0.25) is 5.95 Å².